The predicted molar refractivity (Wildman–Crippen MR) is 57.6 cm³/mol. The van der Waals surface area contributed by atoms with Crippen LogP contribution in [0.25, 0.3) is 0 Å². The number of anilines is 1. The number of aromatic nitrogens is 2. The summed E-state index contributed by atoms with van der Waals surface area (Å²) in [6.45, 7) is 7.46. The van der Waals surface area contributed by atoms with Gasteiger partial charge in [-0.15, -0.1) is 0 Å². The lowest BCUT2D eigenvalue weighted by Crippen LogP contribution is -2.58. The minimum Gasteiger partial charge on any atom is -0.337 e. The van der Waals surface area contributed by atoms with Crippen molar-refractivity contribution in [3.63, 3.8) is 0 Å². The Hall–Kier alpha value is -1.03. The molecule has 0 spiro atoms. The lowest BCUT2D eigenvalue weighted by molar-refractivity contribution is 0.410. The van der Waals surface area contributed by atoms with Crippen LogP contribution in [0.2, 0.25) is 0 Å². The standard InChI is InChI=1S/C10H18N4/c1-4-14(9-6-11-7-9)10-12-5-8(2)13(10)3/h5,9,11H,4,6-7H2,1-3H3. The van der Waals surface area contributed by atoms with E-state index >= 15 is 0 Å². The Morgan fingerprint density at radius 3 is 2.71 bits per heavy atom. The van der Waals surface area contributed by atoms with Crippen LogP contribution in [-0.4, -0.2) is 35.2 Å². The van der Waals surface area contributed by atoms with Gasteiger partial charge < -0.3 is 14.8 Å². The van der Waals surface area contributed by atoms with Gasteiger partial charge in [-0.3, -0.25) is 0 Å². The molecule has 0 atom stereocenters. The van der Waals surface area contributed by atoms with Gasteiger partial charge in [0.1, 0.15) is 0 Å². The van der Waals surface area contributed by atoms with Gasteiger partial charge in [0.15, 0.2) is 0 Å². The van der Waals surface area contributed by atoms with Gasteiger partial charge in [0, 0.05) is 32.4 Å². The second-order valence-corrected chi connectivity index (χ2v) is 3.86. The fourth-order valence-corrected chi connectivity index (χ4v) is 1.81. The summed E-state index contributed by atoms with van der Waals surface area (Å²) in [5.41, 5.74) is 1.21. The molecule has 1 fully saturated rings. The highest BCUT2D eigenvalue weighted by Crippen LogP contribution is 2.17. The van der Waals surface area contributed by atoms with Crippen molar-refractivity contribution in [3.05, 3.63) is 11.9 Å². The number of nitrogens with zero attached hydrogens (tertiary/aromatic N) is 3. The molecule has 0 unspecified atom stereocenters. The molecule has 1 N–H and O–H groups in total. The molecule has 0 radical (unpaired) electrons. The van der Waals surface area contributed by atoms with E-state index in [1.165, 1.54) is 5.69 Å². The fraction of sp³-hybridized carbons (Fsp3) is 0.700. The molecule has 1 aliphatic heterocycles. The van der Waals surface area contributed by atoms with E-state index in [9.17, 15) is 0 Å². The number of aryl methyl sites for hydroxylation is 1. The molecule has 1 aliphatic rings. The summed E-state index contributed by atoms with van der Waals surface area (Å²) in [6, 6.07) is 0.625. The summed E-state index contributed by atoms with van der Waals surface area (Å²) >= 11 is 0. The van der Waals surface area contributed by atoms with E-state index in [-0.39, 0.29) is 0 Å². The lowest BCUT2D eigenvalue weighted by atomic mass is 10.1. The van der Waals surface area contributed by atoms with Crippen LogP contribution in [0.5, 0.6) is 0 Å². The first-order chi connectivity index (χ1) is 6.74. The molecule has 4 nitrogen and oxygen atoms in total. The number of imidazole rings is 1. The minimum absolute atomic E-state index is 0.625. The van der Waals surface area contributed by atoms with Crippen molar-refractivity contribution in [3.8, 4) is 0 Å². The third-order valence-electron chi connectivity index (χ3n) is 2.99. The van der Waals surface area contributed by atoms with Crippen molar-refractivity contribution in [1.82, 2.24) is 14.9 Å². The summed E-state index contributed by atoms with van der Waals surface area (Å²) in [5, 5.41) is 3.29. The molecule has 4 heteroatoms. The maximum atomic E-state index is 4.45. The van der Waals surface area contributed by atoms with Crippen molar-refractivity contribution < 1.29 is 0 Å². The number of rotatable bonds is 3. The largest absolute Gasteiger partial charge is 0.337 e. The van der Waals surface area contributed by atoms with Crippen molar-refractivity contribution in [2.45, 2.75) is 19.9 Å². The summed E-state index contributed by atoms with van der Waals surface area (Å²) < 4.78 is 2.15. The fourth-order valence-electron chi connectivity index (χ4n) is 1.81. The van der Waals surface area contributed by atoms with Crippen LogP contribution < -0.4 is 10.2 Å². The van der Waals surface area contributed by atoms with Gasteiger partial charge >= 0.3 is 0 Å². The quantitative estimate of drug-likeness (QED) is 0.762. The minimum atomic E-state index is 0.625. The third kappa shape index (κ3) is 1.39. The zero-order valence-electron chi connectivity index (χ0n) is 9.12. The molecule has 0 aliphatic carbocycles. The Kier molecular flexibility index (Phi) is 2.46. The molecule has 78 valence electrons. The van der Waals surface area contributed by atoms with Crippen molar-refractivity contribution in [2.24, 2.45) is 7.05 Å². The van der Waals surface area contributed by atoms with Crippen molar-refractivity contribution in [1.29, 1.82) is 0 Å². The second kappa shape index (κ2) is 3.61. The van der Waals surface area contributed by atoms with Crippen LogP contribution in [0.1, 0.15) is 12.6 Å². The maximum Gasteiger partial charge on any atom is 0.205 e. The molecule has 0 amide bonds. The van der Waals surface area contributed by atoms with Crippen molar-refractivity contribution in [2.75, 3.05) is 24.5 Å². The normalized spacial score (nSPS) is 16.8. The Morgan fingerprint density at radius 1 is 1.64 bits per heavy atom. The molecule has 0 aromatic carbocycles. The smallest absolute Gasteiger partial charge is 0.205 e. The number of hydrogen-bond donors (Lipinski definition) is 1. The number of hydrogen-bond acceptors (Lipinski definition) is 3. The van der Waals surface area contributed by atoms with Crippen LogP contribution in [0.4, 0.5) is 5.95 Å². The highest BCUT2D eigenvalue weighted by Gasteiger charge is 2.26. The Balaban J connectivity index is 2.22. The van der Waals surface area contributed by atoms with Gasteiger partial charge in [0.25, 0.3) is 0 Å². The van der Waals surface area contributed by atoms with Gasteiger partial charge in [-0.05, 0) is 13.8 Å². The average molecular weight is 194 g/mol. The molecule has 1 aromatic heterocycles. The van der Waals surface area contributed by atoms with E-state index in [4.69, 9.17) is 0 Å². The zero-order chi connectivity index (χ0) is 10.1. The van der Waals surface area contributed by atoms with Crippen LogP contribution in [0, 0.1) is 6.92 Å². The topological polar surface area (TPSA) is 33.1 Å². The Morgan fingerprint density at radius 2 is 2.36 bits per heavy atom. The first kappa shape index (κ1) is 9.52. The molecule has 2 heterocycles. The highest BCUT2D eigenvalue weighted by atomic mass is 15.3. The van der Waals surface area contributed by atoms with E-state index in [1.807, 2.05) is 6.20 Å². The van der Waals surface area contributed by atoms with Crippen LogP contribution in [0.3, 0.4) is 0 Å². The molecular weight excluding hydrogens is 176 g/mol. The molecule has 2 rings (SSSR count). The van der Waals surface area contributed by atoms with E-state index in [2.05, 4.69) is 40.7 Å². The summed E-state index contributed by atoms with van der Waals surface area (Å²) in [7, 11) is 2.08. The summed E-state index contributed by atoms with van der Waals surface area (Å²) in [6.07, 6.45) is 1.93. The number of likely N-dealkylation sites (N-methyl/N-ethyl adjacent to an activating group) is 1. The van der Waals surface area contributed by atoms with Gasteiger partial charge in [-0.1, -0.05) is 0 Å². The highest BCUT2D eigenvalue weighted by molar-refractivity contribution is 5.36. The SMILES string of the molecule is CCN(c1ncc(C)n1C)C1CNC1. The molecule has 0 bridgehead atoms. The van der Waals surface area contributed by atoms with Crippen LogP contribution in [-0.2, 0) is 7.05 Å². The lowest BCUT2D eigenvalue weighted by Gasteiger charge is -2.38. The third-order valence-corrected chi connectivity index (χ3v) is 2.99. The van der Waals surface area contributed by atoms with E-state index in [0.29, 0.717) is 6.04 Å². The molecule has 0 saturated carbocycles. The van der Waals surface area contributed by atoms with Gasteiger partial charge in [0.05, 0.1) is 12.2 Å². The van der Waals surface area contributed by atoms with Gasteiger partial charge in [0.2, 0.25) is 5.95 Å². The van der Waals surface area contributed by atoms with E-state index < -0.39 is 0 Å². The summed E-state index contributed by atoms with van der Waals surface area (Å²) in [4.78, 5) is 6.82. The Labute approximate surface area is 84.9 Å². The van der Waals surface area contributed by atoms with E-state index in [1.54, 1.807) is 0 Å². The summed E-state index contributed by atoms with van der Waals surface area (Å²) in [5.74, 6) is 1.09. The zero-order valence-corrected chi connectivity index (χ0v) is 9.12. The first-order valence-corrected chi connectivity index (χ1v) is 5.19. The molecule has 1 aromatic rings. The molecular formula is C10H18N4. The first-order valence-electron chi connectivity index (χ1n) is 5.19. The van der Waals surface area contributed by atoms with Crippen LogP contribution in [0.15, 0.2) is 6.20 Å². The average Bonchev–Trinajstić information content (AvgIpc) is 2.41. The molecule has 14 heavy (non-hydrogen) atoms. The van der Waals surface area contributed by atoms with Crippen molar-refractivity contribution >= 4 is 5.95 Å². The number of nitrogens with one attached hydrogen (secondary N) is 1. The van der Waals surface area contributed by atoms with E-state index in [0.717, 1.165) is 25.6 Å². The monoisotopic (exact) mass is 194 g/mol. The van der Waals surface area contributed by atoms with Crippen LogP contribution >= 0.6 is 0 Å². The maximum absolute atomic E-state index is 4.45. The molecule has 1 saturated heterocycles. The second-order valence-electron chi connectivity index (χ2n) is 3.86. The van der Waals surface area contributed by atoms with Gasteiger partial charge in [-0.25, -0.2) is 4.98 Å². The Bertz CT molecular complexity index is 314. The van der Waals surface area contributed by atoms with Gasteiger partial charge in [-0.2, -0.15) is 0 Å². The predicted octanol–water partition coefficient (Wildman–Crippen LogP) is 0.527.